The second-order valence-corrected chi connectivity index (χ2v) is 6.83. The molecule has 2 aromatic carbocycles. The van der Waals surface area contributed by atoms with E-state index in [9.17, 15) is 9.59 Å². The molecule has 1 N–H and O–H groups in total. The molecule has 3 aromatic rings. The lowest BCUT2D eigenvalue weighted by atomic mass is 9.84. The van der Waals surface area contributed by atoms with Crippen molar-refractivity contribution >= 4 is 35.5 Å². The number of hydrogen-bond acceptors (Lipinski definition) is 7. The van der Waals surface area contributed by atoms with Crippen LogP contribution in [0.4, 0.5) is 11.7 Å². The first-order valence-corrected chi connectivity index (χ1v) is 8.67. The highest BCUT2D eigenvalue weighted by Crippen LogP contribution is 2.29. The first-order valence-electron chi connectivity index (χ1n) is 8.26. The van der Waals surface area contributed by atoms with Crippen molar-refractivity contribution in [1.82, 2.24) is 14.7 Å². The maximum Gasteiger partial charge on any atom is 0.319 e. The number of anilines is 2. The molecule has 0 bridgehead atoms. The van der Waals surface area contributed by atoms with E-state index in [0.717, 1.165) is 0 Å². The largest absolute Gasteiger partial charge is 0.395 e. The Bertz CT molecular complexity index is 1130. The summed E-state index contributed by atoms with van der Waals surface area (Å²) in [5.74, 6) is -0.331. The van der Waals surface area contributed by atoms with E-state index in [0.29, 0.717) is 34.6 Å². The number of fused-ring (bicyclic) bond motifs is 2. The minimum absolute atomic E-state index is 0.153. The molecule has 0 fully saturated rings. The zero-order valence-electron chi connectivity index (χ0n) is 14.7. The molecular weight excluding hydrogens is 364 g/mol. The van der Waals surface area contributed by atoms with Crippen molar-refractivity contribution < 1.29 is 14.0 Å². The number of rotatable bonds is 4. The standard InChI is InChI=1S/C19H16N4O3S/c1-22(2)10-23-19(27)26-18(21-23)20-11-7-8-14-15(9-11)17(25)13-6-4-3-5-12(13)16(14)24/h3-9H,10H2,1-2H3,(H,20,21). The van der Waals surface area contributed by atoms with Crippen molar-refractivity contribution in [2.45, 2.75) is 6.67 Å². The summed E-state index contributed by atoms with van der Waals surface area (Å²) in [7, 11) is 3.79. The summed E-state index contributed by atoms with van der Waals surface area (Å²) in [6, 6.07) is 12.0. The van der Waals surface area contributed by atoms with Gasteiger partial charge in [-0.25, -0.2) is 4.68 Å². The molecule has 1 heterocycles. The zero-order chi connectivity index (χ0) is 19.1. The van der Waals surface area contributed by atoms with Crippen molar-refractivity contribution in [3.63, 3.8) is 0 Å². The summed E-state index contributed by atoms with van der Waals surface area (Å²) in [5.41, 5.74) is 2.18. The molecule has 0 unspecified atom stereocenters. The molecule has 1 aliphatic rings. The Hall–Kier alpha value is -3.10. The van der Waals surface area contributed by atoms with Gasteiger partial charge in [-0.05, 0) is 44.5 Å². The molecule has 7 nitrogen and oxygen atoms in total. The minimum atomic E-state index is -0.178. The topological polar surface area (TPSA) is 80.4 Å². The van der Waals surface area contributed by atoms with Crippen LogP contribution in [0.15, 0.2) is 46.9 Å². The number of nitrogens with one attached hydrogen (secondary N) is 1. The predicted octanol–water partition coefficient (Wildman–Crippen LogP) is 3.24. The maximum absolute atomic E-state index is 12.8. The van der Waals surface area contributed by atoms with Gasteiger partial charge in [0.25, 0.3) is 4.84 Å². The van der Waals surface area contributed by atoms with Crippen LogP contribution < -0.4 is 5.32 Å². The third-order valence-electron chi connectivity index (χ3n) is 4.20. The lowest BCUT2D eigenvalue weighted by Crippen LogP contribution is -2.20. The average Bonchev–Trinajstić information content (AvgIpc) is 2.98. The van der Waals surface area contributed by atoms with E-state index in [4.69, 9.17) is 16.6 Å². The van der Waals surface area contributed by atoms with Crippen LogP contribution in [0.2, 0.25) is 0 Å². The van der Waals surface area contributed by atoms with Crippen LogP contribution in [0.25, 0.3) is 0 Å². The molecule has 0 radical (unpaired) electrons. The molecule has 4 rings (SSSR count). The van der Waals surface area contributed by atoms with E-state index in [1.165, 1.54) is 0 Å². The Kier molecular flexibility index (Phi) is 4.21. The van der Waals surface area contributed by atoms with Crippen molar-refractivity contribution in [2.24, 2.45) is 0 Å². The van der Waals surface area contributed by atoms with E-state index in [-0.39, 0.29) is 22.4 Å². The molecule has 0 atom stereocenters. The third kappa shape index (κ3) is 3.09. The van der Waals surface area contributed by atoms with Gasteiger partial charge in [0.15, 0.2) is 11.6 Å². The lowest BCUT2D eigenvalue weighted by Gasteiger charge is -2.17. The highest BCUT2D eigenvalue weighted by Gasteiger charge is 2.29. The Morgan fingerprint density at radius 1 is 1.04 bits per heavy atom. The molecule has 27 heavy (non-hydrogen) atoms. The smallest absolute Gasteiger partial charge is 0.319 e. The monoisotopic (exact) mass is 380 g/mol. The van der Waals surface area contributed by atoms with Gasteiger partial charge in [-0.15, -0.1) is 5.10 Å². The molecule has 0 spiro atoms. The second kappa shape index (κ2) is 6.57. The van der Waals surface area contributed by atoms with E-state index < -0.39 is 0 Å². The van der Waals surface area contributed by atoms with Crippen LogP contribution in [0.5, 0.6) is 0 Å². The van der Waals surface area contributed by atoms with Crippen LogP contribution in [-0.4, -0.2) is 40.3 Å². The molecule has 0 aliphatic heterocycles. The quantitative estimate of drug-likeness (QED) is 0.544. The Balaban J connectivity index is 1.67. The van der Waals surface area contributed by atoms with E-state index in [2.05, 4.69) is 10.4 Å². The van der Waals surface area contributed by atoms with Crippen molar-refractivity contribution in [3.8, 4) is 0 Å². The highest BCUT2D eigenvalue weighted by atomic mass is 32.1. The van der Waals surface area contributed by atoms with Crippen molar-refractivity contribution in [3.05, 3.63) is 69.6 Å². The van der Waals surface area contributed by atoms with Gasteiger partial charge >= 0.3 is 6.01 Å². The van der Waals surface area contributed by atoms with E-state index in [1.54, 1.807) is 47.1 Å². The van der Waals surface area contributed by atoms with Gasteiger partial charge in [0, 0.05) is 27.9 Å². The van der Waals surface area contributed by atoms with Crippen molar-refractivity contribution in [2.75, 3.05) is 19.4 Å². The van der Waals surface area contributed by atoms with E-state index in [1.807, 2.05) is 19.0 Å². The first-order chi connectivity index (χ1) is 12.9. The summed E-state index contributed by atoms with van der Waals surface area (Å²) >= 11 is 5.15. The summed E-state index contributed by atoms with van der Waals surface area (Å²) in [4.78, 5) is 27.6. The Labute approximate surface area is 160 Å². The van der Waals surface area contributed by atoms with Gasteiger partial charge in [0.2, 0.25) is 0 Å². The lowest BCUT2D eigenvalue weighted by molar-refractivity contribution is 0.0979. The number of hydrogen-bond donors (Lipinski definition) is 1. The van der Waals surface area contributed by atoms with Gasteiger partial charge in [-0.3, -0.25) is 14.5 Å². The van der Waals surface area contributed by atoms with Crippen LogP contribution in [0.3, 0.4) is 0 Å². The zero-order valence-corrected chi connectivity index (χ0v) is 15.5. The van der Waals surface area contributed by atoms with Gasteiger partial charge in [0.05, 0.1) is 6.67 Å². The van der Waals surface area contributed by atoms with E-state index >= 15 is 0 Å². The molecule has 0 amide bonds. The molecule has 1 aromatic heterocycles. The maximum atomic E-state index is 12.8. The number of carbonyl (C=O) groups is 2. The first kappa shape index (κ1) is 17.3. The molecule has 8 heteroatoms. The number of benzene rings is 2. The fraction of sp³-hybridized carbons (Fsp3) is 0.158. The van der Waals surface area contributed by atoms with Crippen LogP contribution in [0, 0.1) is 4.84 Å². The van der Waals surface area contributed by atoms with Gasteiger partial charge in [-0.1, -0.05) is 24.3 Å². The number of ketones is 2. The Morgan fingerprint density at radius 2 is 1.67 bits per heavy atom. The van der Waals surface area contributed by atoms with Gasteiger partial charge in [-0.2, -0.15) is 0 Å². The molecule has 0 saturated heterocycles. The van der Waals surface area contributed by atoms with Gasteiger partial charge < -0.3 is 9.73 Å². The average molecular weight is 380 g/mol. The van der Waals surface area contributed by atoms with Crippen LogP contribution >= 0.6 is 12.2 Å². The number of aromatic nitrogens is 2. The molecule has 1 aliphatic carbocycles. The fourth-order valence-corrected chi connectivity index (χ4v) is 3.19. The van der Waals surface area contributed by atoms with Crippen LogP contribution in [0.1, 0.15) is 31.8 Å². The molecule has 0 saturated carbocycles. The van der Waals surface area contributed by atoms with Gasteiger partial charge in [0.1, 0.15) is 0 Å². The second-order valence-electron chi connectivity index (χ2n) is 6.48. The third-order valence-corrected chi connectivity index (χ3v) is 4.49. The van der Waals surface area contributed by atoms with Crippen molar-refractivity contribution in [1.29, 1.82) is 0 Å². The molecular formula is C19H16N4O3S. The highest BCUT2D eigenvalue weighted by molar-refractivity contribution is 7.71. The summed E-state index contributed by atoms with van der Waals surface area (Å²) in [6.07, 6.45) is 0. The summed E-state index contributed by atoms with van der Waals surface area (Å²) in [5, 5.41) is 7.27. The van der Waals surface area contributed by atoms with Crippen LogP contribution in [-0.2, 0) is 6.67 Å². The molecule has 136 valence electrons. The summed E-state index contributed by atoms with van der Waals surface area (Å²) in [6.45, 7) is 0.484. The minimum Gasteiger partial charge on any atom is -0.395 e. The summed E-state index contributed by atoms with van der Waals surface area (Å²) < 4.78 is 6.99. The SMILES string of the molecule is CN(C)Cn1nc(Nc2ccc3c(c2)C(=O)c2ccccc2C3=O)oc1=S. The normalized spacial score (nSPS) is 12.9. The fourth-order valence-electron chi connectivity index (χ4n) is 3.01. The predicted molar refractivity (Wildman–Crippen MR) is 102 cm³/mol. The number of carbonyl (C=O) groups excluding carboxylic acids is 2. The Morgan fingerprint density at radius 3 is 2.33 bits per heavy atom. The number of nitrogens with zero attached hydrogens (tertiary/aromatic N) is 3.